The first-order valence-corrected chi connectivity index (χ1v) is 8.34. The quantitative estimate of drug-likeness (QED) is 0.879. The fourth-order valence-electron chi connectivity index (χ4n) is 3.20. The second-order valence-corrected chi connectivity index (χ2v) is 6.40. The van der Waals surface area contributed by atoms with Gasteiger partial charge in [-0.3, -0.25) is 14.3 Å². The normalized spacial score (nSPS) is 18.3. The zero-order valence-electron chi connectivity index (χ0n) is 14.4. The minimum Gasteiger partial charge on any atom is -0.442 e. The van der Waals surface area contributed by atoms with Crippen LogP contribution in [0.25, 0.3) is 11.6 Å². The van der Waals surface area contributed by atoms with Crippen molar-refractivity contribution in [3.63, 3.8) is 0 Å². The summed E-state index contributed by atoms with van der Waals surface area (Å²) in [5, 5.41) is 2.59. The molecule has 2 aliphatic rings. The molecule has 1 aromatic carbocycles. The van der Waals surface area contributed by atoms with Crippen LogP contribution in [0.3, 0.4) is 0 Å². The Balaban J connectivity index is 1.52. The van der Waals surface area contributed by atoms with Crippen molar-refractivity contribution >= 4 is 29.3 Å². The second kappa shape index (κ2) is 6.42. The van der Waals surface area contributed by atoms with Crippen molar-refractivity contribution in [3.05, 3.63) is 52.1 Å². The first-order chi connectivity index (χ1) is 12.9. The number of ether oxygens (including phenoxy) is 1. The van der Waals surface area contributed by atoms with Crippen LogP contribution in [0.5, 0.6) is 0 Å². The van der Waals surface area contributed by atoms with Gasteiger partial charge in [-0.15, -0.1) is 0 Å². The van der Waals surface area contributed by atoms with Crippen LogP contribution in [-0.2, 0) is 16.1 Å². The fraction of sp³-hybridized carbons (Fsp3) is 0.278. The van der Waals surface area contributed by atoms with Crippen molar-refractivity contribution in [1.29, 1.82) is 0 Å². The zero-order valence-corrected chi connectivity index (χ0v) is 14.4. The van der Waals surface area contributed by atoms with Crippen LogP contribution in [0, 0.1) is 5.82 Å². The molecule has 0 saturated carbocycles. The Kier molecular flexibility index (Phi) is 4.06. The van der Waals surface area contributed by atoms with Crippen molar-refractivity contribution in [1.82, 2.24) is 9.88 Å². The van der Waals surface area contributed by atoms with Crippen molar-refractivity contribution in [3.8, 4) is 0 Å². The molecule has 1 fully saturated rings. The monoisotopic (exact) mass is 373 g/mol. The van der Waals surface area contributed by atoms with E-state index in [1.165, 1.54) is 28.7 Å². The Hall–Kier alpha value is -3.36. The molecule has 140 valence electrons. The van der Waals surface area contributed by atoms with Crippen LogP contribution in [0.4, 0.5) is 14.9 Å². The minimum atomic E-state index is -0.592. The maximum atomic E-state index is 14.7. The van der Waals surface area contributed by atoms with Crippen LogP contribution in [-0.4, -0.2) is 35.8 Å². The number of allylic oxidation sites excluding steroid dienone is 1. The van der Waals surface area contributed by atoms with Crippen molar-refractivity contribution in [2.24, 2.45) is 0 Å². The number of anilines is 1. The summed E-state index contributed by atoms with van der Waals surface area (Å²) in [6.07, 6.45) is 1.94. The average Bonchev–Trinajstić information content (AvgIpc) is 3.29. The molecule has 1 saturated heterocycles. The molecular weight excluding hydrogens is 357 g/mol. The maximum Gasteiger partial charge on any atom is 0.419 e. The van der Waals surface area contributed by atoms with Crippen LogP contribution < -0.4 is 16.0 Å². The molecule has 0 spiro atoms. The number of halogens is 1. The topological polar surface area (TPSA) is 93.8 Å². The molecule has 1 aromatic heterocycles. The first kappa shape index (κ1) is 17.1. The Bertz CT molecular complexity index is 1020. The second-order valence-electron chi connectivity index (χ2n) is 6.40. The van der Waals surface area contributed by atoms with E-state index in [2.05, 4.69) is 5.32 Å². The average molecular weight is 373 g/mol. The molecule has 1 N–H and O–H groups in total. The molecule has 2 amide bonds. The van der Waals surface area contributed by atoms with E-state index in [9.17, 15) is 18.8 Å². The van der Waals surface area contributed by atoms with E-state index in [4.69, 9.17) is 9.15 Å². The predicted octanol–water partition coefficient (Wildman–Crippen LogP) is 1.60. The van der Waals surface area contributed by atoms with E-state index in [0.29, 0.717) is 22.5 Å². The van der Waals surface area contributed by atoms with Crippen molar-refractivity contribution in [2.45, 2.75) is 19.6 Å². The fourth-order valence-corrected chi connectivity index (χ4v) is 3.20. The molecule has 0 radical (unpaired) electrons. The third-order valence-corrected chi connectivity index (χ3v) is 4.53. The van der Waals surface area contributed by atoms with Gasteiger partial charge in [0.2, 0.25) is 5.91 Å². The third kappa shape index (κ3) is 3.12. The standard InChI is InChI=1S/C18H16FN3O5/c1-10(23)20-6-14-8-22(18(25)27-14)12-2-3-15(16(19)5-12)11-4-13-9-26-17(24)21(13)7-11/h2-5,9,14H,6-8H2,1H3,(H,20,23)/t14-/m0/s1. The molecule has 8 nitrogen and oxygen atoms in total. The van der Waals surface area contributed by atoms with Crippen LogP contribution in [0.1, 0.15) is 18.2 Å². The third-order valence-electron chi connectivity index (χ3n) is 4.53. The molecule has 1 atom stereocenters. The molecule has 0 aliphatic carbocycles. The molecular formula is C18H16FN3O5. The summed E-state index contributed by atoms with van der Waals surface area (Å²) in [6, 6.07) is 4.45. The molecule has 9 heteroatoms. The Morgan fingerprint density at radius 2 is 2.19 bits per heavy atom. The lowest BCUT2D eigenvalue weighted by Gasteiger charge is -2.14. The smallest absolute Gasteiger partial charge is 0.419 e. The van der Waals surface area contributed by atoms with E-state index in [0.717, 1.165) is 0 Å². The molecule has 0 bridgehead atoms. The van der Waals surface area contributed by atoms with E-state index >= 15 is 0 Å². The highest BCUT2D eigenvalue weighted by Gasteiger charge is 2.33. The van der Waals surface area contributed by atoms with Gasteiger partial charge in [-0.05, 0) is 29.8 Å². The molecule has 4 rings (SSSR count). The van der Waals surface area contributed by atoms with E-state index in [1.807, 2.05) is 0 Å². The highest BCUT2D eigenvalue weighted by molar-refractivity contribution is 5.91. The number of nitrogens with zero attached hydrogens (tertiary/aromatic N) is 2. The van der Waals surface area contributed by atoms with Crippen LogP contribution in [0.2, 0.25) is 0 Å². The lowest BCUT2D eigenvalue weighted by atomic mass is 10.0. The number of oxazole rings is 1. The minimum absolute atomic E-state index is 0.200. The van der Waals surface area contributed by atoms with E-state index in [1.54, 1.807) is 18.2 Å². The largest absolute Gasteiger partial charge is 0.442 e. The first-order valence-electron chi connectivity index (χ1n) is 8.34. The lowest BCUT2D eigenvalue weighted by molar-refractivity contribution is -0.119. The van der Waals surface area contributed by atoms with E-state index < -0.39 is 23.8 Å². The summed E-state index contributed by atoms with van der Waals surface area (Å²) in [6.45, 7) is 2.02. The highest BCUT2D eigenvalue weighted by atomic mass is 19.1. The maximum absolute atomic E-state index is 14.7. The van der Waals surface area contributed by atoms with Gasteiger partial charge in [-0.1, -0.05) is 0 Å². The van der Waals surface area contributed by atoms with Gasteiger partial charge >= 0.3 is 11.8 Å². The zero-order chi connectivity index (χ0) is 19.1. The number of aromatic nitrogens is 1. The van der Waals surface area contributed by atoms with Gasteiger partial charge in [0.1, 0.15) is 18.2 Å². The van der Waals surface area contributed by atoms with Crippen molar-refractivity contribution in [2.75, 3.05) is 18.0 Å². The summed E-state index contributed by atoms with van der Waals surface area (Å²) in [5.74, 6) is -1.21. The summed E-state index contributed by atoms with van der Waals surface area (Å²) in [4.78, 5) is 35.9. The number of amides is 2. The summed E-state index contributed by atoms with van der Waals surface area (Å²) in [7, 11) is 0. The number of hydrogen-bond acceptors (Lipinski definition) is 5. The van der Waals surface area contributed by atoms with Gasteiger partial charge in [0.25, 0.3) is 0 Å². The molecule has 0 unspecified atom stereocenters. The molecule has 2 aliphatic heterocycles. The van der Waals surface area contributed by atoms with Gasteiger partial charge in [0.15, 0.2) is 0 Å². The van der Waals surface area contributed by atoms with Gasteiger partial charge in [0.05, 0.1) is 31.0 Å². The van der Waals surface area contributed by atoms with E-state index in [-0.39, 0.29) is 25.5 Å². The number of carbonyl (C=O) groups excluding carboxylic acids is 2. The Labute approximate surface area is 152 Å². The summed E-state index contributed by atoms with van der Waals surface area (Å²) in [5.41, 5.74) is 1.95. The molecule has 3 heterocycles. The highest BCUT2D eigenvalue weighted by Crippen LogP contribution is 2.31. The molecule has 27 heavy (non-hydrogen) atoms. The number of fused-ring (bicyclic) bond motifs is 1. The van der Waals surface area contributed by atoms with Crippen LogP contribution in [0.15, 0.2) is 33.7 Å². The number of benzene rings is 1. The van der Waals surface area contributed by atoms with Gasteiger partial charge in [-0.2, -0.15) is 0 Å². The van der Waals surface area contributed by atoms with Gasteiger partial charge in [0, 0.05) is 12.5 Å². The van der Waals surface area contributed by atoms with Gasteiger partial charge < -0.3 is 14.5 Å². The summed E-state index contributed by atoms with van der Waals surface area (Å²) < 4.78 is 26.0. The van der Waals surface area contributed by atoms with Gasteiger partial charge in [-0.25, -0.2) is 14.0 Å². The number of hydrogen-bond donors (Lipinski definition) is 1. The lowest BCUT2D eigenvalue weighted by Crippen LogP contribution is -2.33. The Morgan fingerprint density at radius 1 is 1.37 bits per heavy atom. The number of rotatable bonds is 4. The number of nitrogens with one attached hydrogen (secondary N) is 1. The van der Waals surface area contributed by atoms with Crippen LogP contribution >= 0.6 is 0 Å². The SMILES string of the molecule is CC(=O)NC[C@H]1CN(c2ccc(C3=Cc4coc(=O)n4C3)c(F)c2)C(=O)O1. The molecule has 2 aromatic rings. The number of cyclic esters (lactones) is 1. The predicted molar refractivity (Wildman–Crippen MR) is 93.5 cm³/mol. The van der Waals surface area contributed by atoms with Crippen molar-refractivity contribution < 1.29 is 23.1 Å². The summed E-state index contributed by atoms with van der Waals surface area (Å²) >= 11 is 0. The Morgan fingerprint density at radius 3 is 2.89 bits per heavy atom. The number of carbonyl (C=O) groups is 2.